The third kappa shape index (κ3) is 6.67. The average molecular weight is 365 g/mol. The lowest BCUT2D eigenvalue weighted by Crippen LogP contribution is -2.45. The predicted molar refractivity (Wildman–Crippen MR) is 87.9 cm³/mol. The molecule has 3 N–H and O–H groups in total. The molecule has 1 aromatic heterocycles. The van der Waals surface area contributed by atoms with E-state index < -0.39 is 24.0 Å². The summed E-state index contributed by atoms with van der Waals surface area (Å²) < 4.78 is 5.81. The normalized spacial score (nSPS) is 12.0. The van der Waals surface area contributed by atoms with Crippen LogP contribution in [0.5, 0.6) is 0 Å². The van der Waals surface area contributed by atoms with Crippen LogP contribution in [0.3, 0.4) is 0 Å². The number of esters is 1. The molecule has 0 aliphatic rings. The maximum Gasteiger partial charge on any atom is 0.318 e. The van der Waals surface area contributed by atoms with Gasteiger partial charge >= 0.3 is 12.0 Å². The molecule has 6 nitrogen and oxygen atoms in total. The lowest BCUT2D eigenvalue weighted by molar-refractivity contribution is -0.155. The van der Waals surface area contributed by atoms with Crippen LogP contribution in [0.15, 0.2) is 12.1 Å². The fraction of sp³-hybridized carbons (Fsp3) is 0.462. The van der Waals surface area contributed by atoms with Crippen molar-refractivity contribution in [1.82, 2.24) is 5.32 Å². The Balaban J connectivity index is 2.43. The monoisotopic (exact) mass is 364 g/mol. The van der Waals surface area contributed by atoms with E-state index in [-0.39, 0.29) is 11.7 Å². The molecule has 1 aromatic rings. The lowest BCUT2D eigenvalue weighted by Gasteiger charge is -2.19. The van der Waals surface area contributed by atoms with E-state index in [0.29, 0.717) is 10.1 Å². The van der Waals surface area contributed by atoms with Gasteiger partial charge in [-0.15, -0.1) is 23.1 Å². The number of nitrogens with one attached hydrogen (secondary N) is 1. The van der Waals surface area contributed by atoms with E-state index in [4.69, 9.17) is 22.1 Å². The van der Waals surface area contributed by atoms with Crippen LogP contribution in [0.2, 0.25) is 4.34 Å². The zero-order chi connectivity index (χ0) is 16.7. The fourth-order valence-corrected chi connectivity index (χ4v) is 3.53. The topological polar surface area (TPSA) is 98.5 Å². The molecule has 0 saturated carbocycles. The summed E-state index contributed by atoms with van der Waals surface area (Å²) in [5.74, 6) is -0.782. The first-order valence-corrected chi connectivity index (χ1v) is 8.76. The predicted octanol–water partition coefficient (Wildman–Crippen LogP) is 2.40. The van der Waals surface area contributed by atoms with Crippen molar-refractivity contribution >= 4 is 52.6 Å². The van der Waals surface area contributed by atoms with Gasteiger partial charge in [-0.2, -0.15) is 0 Å². The zero-order valence-electron chi connectivity index (χ0n) is 12.1. The Hall–Kier alpha value is -1.25. The molecular formula is C13H17ClN2O4S2. The van der Waals surface area contributed by atoms with Gasteiger partial charge in [0.15, 0.2) is 6.10 Å². The molecule has 9 heteroatoms. The molecule has 0 aliphatic carbocycles. The Morgan fingerprint density at radius 1 is 1.41 bits per heavy atom. The Labute approximate surface area is 141 Å². The lowest BCUT2D eigenvalue weighted by atomic mass is 10.1. The second-order valence-electron chi connectivity index (χ2n) is 4.71. The number of thiophene rings is 1. The van der Waals surface area contributed by atoms with E-state index in [0.717, 1.165) is 4.88 Å². The van der Waals surface area contributed by atoms with Gasteiger partial charge in [0, 0.05) is 10.6 Å². The Morgan fingerprint density at radius 2 is 2.09 bits per heavy atom. The van der Waals surface area contributed by atoms with Crippen molar-refractivity contribution in [2.24, 2.45) is 11.7 Å². The summed E-state index contributed by atoms with van der Waals surface area (Å²) in [5.41, 5.74) is 4.88. The molecule has 0 bridgehead atoms. The van der Waals surface area contributed by atoms with Gasteiger partial charge in [0.05, 0.1) is 10.1 Å². The number of ether oxygens (including phenoxy) is 1. The van der Waals surface area contributed by atoms with Gasteiger partial charge in [-0.25, -0.2) is 4.79 Å². The van der Waals surface area contributed by atoms with Crippen molar-refractivity contribution in [3.05, 3.63) is 21.3 Å². The average Bonchev–Trinajstić information content (AvgIpc) is 2.80. The fourth-order valence-electron chi connectivity index (χ4n) is 1.52. The van der Waals surface area contributed by atoms with Gasteiger partial charge in [-0.1, -0.05) is 25.4 Å². The first-order valence-electron chi connectivity index (χ1n) is 6.41. The quantitative estimate of drug-likeness (QED) is 0.724. The first-order chi connectivity index (χ1) is 10.3. The largest absolute Gasteiger partial charge is 0.451 e. The third-order valence-corrected chi connectivity index (χ3v) is 4.83. The summed E-state index contributed by atoms with van der Waals surface area (Å²) in [6.07, 6.45) is -1.04. The van der Waals surface area contributed by atoms with Crippen LogP contribution in [-0.4, -0.2) is 29.8 Å². The highest BCUT2D eigenvalue weighted by Gasteiger charge is 2.27. The summed E-state index contributed by atoms with van der Waals surface area (Å²) >= 11 is 8.63. The smallest absolute Gasteiger partial charge is 0.318 e. The zero-order valence-corrected chi connectivity index (χ0v) is 14.5. The van der Waals surface area contributed by atoms with E-state index in [1.165, 1.54) is 23.1 Å². The van der Waals surface area contributed by atoms with Crippen molar-refractivity contribution in [3.8, 4) is 0 Å². The van der Waals surface area contributed by atoms with Crippen molar-refractivity contribution in [1.29, 1.82) is 0 Å². The van der Waals surface area contributed by atoms with Crippen molar-refractivity contribution in [3.63, 3.8) is 0 Å². The number of carbonyl (C=O) groups is 3. The van der Waals surface area contributed by atoms with Gasteiger partial charge in [-0.3, -0.25) is 14.9 Å². The Morgan fingerprint density at radius 3 is 2.59 bits per heavy atom. The number of halogens is 1. The third-order valence-electron chi connectivity index (χ3n) is 2.46. The number of nitrogens with two attached hydrogens (primary N) is 1. The number of rotatable bonds is 7. The summed E-state index contributed by atoms with van der Waals surface area (Å²) in [7, 11) is 0. The molecular weight excluding hydrogens is 348 g/mol. The summed E-state index contributed by atoms with van der Waals surface area (Å²) in [5, 5.41) is 1.92. The molecule has 122 valence electrons. The van der Waals surface area contributed by atoms with Crippen LogP contribution in [-0.2, 0) is 20.1 Å². The van der Waals surface area contributed by atoms with E-state index in [1.807, 2.05) is 11.4 Å². The highest BCUT2D eigenvalue weighted by atomic mass is 35.5. The number of hydrogen-bond donors (Lipinski definition) is 2. The Kier molecular flexibility index (Phi) is 7.70. The van der Waals surface area contributed by atoms with E-state index in [9.17, 15) is 14.4 Å². The van der Waals surface area contributed by atoms with Crippen molar-refractivity contribution in [2.75, 3.05) is 5.75 Å². The van der Waals surface area contributed by atoms with E-state index >= 15 is 0 Å². The molecule has 0 aliphatic heterocycles. The maximum absolute atomic E-state index is 11.8. The SMILES string of the molecule is CC(C)[C@H](OC(=O)CSCc1ccc(Cl)s1)C(=O)NC(N)=O. The molecule has 22 heavy (non-hydrogen) atoms. The highest BCUT2D eigenvalue weighted by molar-refractivity contribution is 7.99. The molecule has 1 atom stereocenters. The van der Waals surface area contributed by atoms with E-state index in [2.05, 4.69) is 0 Å². The summed E-state index contributed by atoms with van der Waals surface area (Å²) in [6.45, 7) is 3.42. The number of thioether (sulfide) groups is 1. The minimum atomic E-state index is -1.04. The van der Waals surface area contributed by atoms with Gasteiger partial charge in [0.1, 0.15) is 0 Å². The minimum absolute atomic E-state index is 0.0998. The van der Waals surface area contributed by atoms with Crippen molar-refractivity contribution < 1.29 is 19.1 Å². The van der Waals surface area contributed by atoms with Crippen LogP contribution in [0.4, 0.5) is 4.79 Å². The van der Waals surface area contributed by atoms with Gasteiger partial charge in [-0.05, 0) is 18.1 Å². The Bertz CT molecular complexity index is 548. The van der Waals surface area contributed by atoms with Crippen LogP contribution < -0.4 is 11.1 Å². The van der Waals surface area contributed by atoms with E-state index in [1.54, 1.807) is 19.9 Å². The van der Waals surface area contributed by atoms with Crippen LogP contribution in [0.25, 0.3) is 0 Å². The molecule has 3 amide bonds. The number of imide groups is 1. The summed E-state index contributed by atoms with van der Waals surface area (Å²) in [6, 6.07) is 2.71. The van der Waals surface area contributed by atoms with Crippen LogP contribution in [0, 0.1) is 5.92 Å². The molecule has 0 unspecified atom stereocenters. The molecule has 0 fully saturated rings. The first kappa shape index (κ1) is 18.8. The number of amides is 3. The number of carbonyl (C=O) groups excluding carboxylic acids is 3. The highest BCUT2D eigenvalue weighted by Crippen LogP contribution is 2.25. The summed E-state index contributed by atoms with van der Waals surface area (Å²) in [4.78, 5) is 35.2. The molecule has 0 aromatic carbocycles. The second-order valence-corrected chi connectivity index (χ2v) is 7.49. The molecule has 0 saturated heterocycles. The number of hydrogen-bond acceptors (Lipinski definition) is 6. The van der Waals surface area contributed by atoms with Gasteiger partial charge in [0.25, 0.3) is 5.91 Å². The molecule has 0 radical (unpaired) electrons. The molecule has 1 heterocycles. The second kappa shape index (κ2) is 9.02. The van der Waals surface area contributed by atoms with Crippen LogP contribution in [0.1, 0.15) is 18.7 Å². The van der Waals surface area contributed by atoms with Gasteiger partial charge < -0.3 is 10.5 Å². The van der Waals surface area contributed by atoms with Crippen LogP contribution >= 0.6 is 34.7 Å². The number of urea groups is 1. The molecule has 0 spiro atoms. The van der Waals surface area contributed by atoms with Crippen molar-refractivity contribution in [2.45, 2.75) is 25.7 Å². The minimum Gasteiger partial charge on any atom is -0.451 e. The number of primary amides is 1. The molecule has 1 rings (SSSR count). The standard InChI is InChI=1S/C13H17ClN2O4S2/c1-7(2)11(12(18)16-13(15)19)20-10(17)6-21-5-8-3-4-9(14)22-8/h3-4,7,11H,5-6H2,1-2H3,(H3,15,16,18,19)/t11-/m0/s1. The van der Waals surface area contributed by atoms with Gasteiger partial charge in [0.2, 0.25) is 0 Å². The maximum atomic E-state index is 11.8.